The number of hydrogen-bond donors (Lipinski definition) is 1. The van der Waals surface area contributed by atoms with E-state index >= 15 is 0 Å². The van der Waals surface area contributed by atoms with Crippen LogP contribution in [0.2, 0.25) is 0 Å². The zero-order chi connectivity index (χ0) is 13.7. The van der Waals surface area contributed by atoms with Crippen LogP contribution in [0.5, 0.6) is 0 Å². The van der Waals surface area contributed by atoms with Gasteiger partial charge in [0.1, 0.15) is 0 Å². The maximum Gasteiger partial charge on any atom is 0.251 e. The zero-order valence-corrected chi connectivity index (χ0v) is 11.4. The molecule has 1 heterocycles. The molecule has 0 aliphatic carbocycles. The number of anilines is 1. The number of nitrogens with one attached hydrogen (secondary N) is 1. The molecule has 2 rings (SSSR count). The van der Waals surface area contributed by atoms with E-state index in [2.05, 4.69) is 28.7 Å². The standard InChI is InChI=1S/C15H21N3O/c1-3-8-16-15(19)13-4-6-14(7-5-13)18-11-9-17(2)10-12-18/h3-7H,1,8-12H2,2H3,(H,16,19). The molecule has 0 unspecified atom stereocenters. The molecule has 0 aromatic heterocycles. The first-order valence-electron chi connectivity index (χ1n) is 6.63. The Morgan fingerprint density at radius 2 is 1.89 bits per heavy atom. The highest BCUT2D eigenvalue weighted by atomic mass is 16.1. The monoisotopic (exact) mass is 259 g/mol. The number of carbonyl (C=O) groups is 1. The second kappa shape index (κ2) is 6.38. The number of likely N-dealkylation sites (N-methyl/N-ethyl adjacent to an activating group) is 1. The van der Waals surface area contributed by atoms with E-state index in [1.165, 1.54) is 5.69 Å². The van der Waals surface area contributed by atoms with Crippen molar-refractivity contribution in [3.05, 3.63) is 42.5 Å². The Kier molecular flexibility index (Phi) is 4.58. The quantitative estimate of drug-likeness (QED) is 0.829. The smallest absolute Gasteiger partial charge is 0.251 e. The van der Waals surface area contributed by atoms with E-state index in [-0.39, 0.29) is 5.91 Å². The fourth-order valence-electron chi connectivity index (χ4n) is 2.16. The highest BCUT2D eigenvalue weighted by Gasteiger charge is 2.14. The lowest BCUT2D eigenvalue weighted by molar-refractivity contribution is 0.0958. The third-order valence-corrected chi connectivity index (χ3v) is 3.40. The molecular formula is C15H21N3O. The summed E-state index contributed by atoms with van der Waals surface area (Å²) < 4.78 is 0. The number of piperazine rings is 1. The highest BCUT2D eigenvalue weighted by molar-refractivity contribution is 5.94. The van der Waals surface area contributed by atoms with E-state index < -0.39 is 0 Å². The average molecular weight is 259 g/mol. The number of carbonyl (C=O) groups excluding carboxylic acids is 1. The maximum absolute atomic E-state index is 11.8. The molecule has 0 spiro atoms. The van der Waals surface area contributed by atoms with Gasteiger partial charge in [-0.05, 0) is 31.3 Å². The predicted octanol–water partition coefficient (Wildman–Crippen LogP) is 1.35. The summed E-state index contributed by atoms with van der Waals surface area (Å²) in [6.45, 7) is 8.33. The molecule has 19 heavy (non-hydrogen) atoms. The molecule has 4 nitrogen and oxygen atoms in total. The Hall–Kier alpha value is -1.81. The lowest BCUT2D eigenvalue weighted by Gasteiger charge is -2.34. The van der Waals surface area contributed by atoms with Gasteiger partial charge in [0, 0.05) is 44.0 Å². The summed E-state index contributed by atoms with van der Waals surface area (Å²) >= 11 is 0. The third-order valence-electron chi connectivity index (χ3n) is 3.40. The van der Waals surface area contributed by atoms with Crippen LogP contribution >= 0.6 is 0 Å². The molecule has 0 atom stereocenters. The van der Waals surface area contributed by atoms with Crippen molar-refractivity contribution in [1.29, 1.82) is 0 Å². The van der Waals surface area contributed by atoms with E-state index in [9.17, 15) is 4.79 Å². The largest absolute Gasteiger partial charge is 0.369 e. The summed E-state index contributed by atoms with van der Waals surface area (Å²) in [6.07, 6.45) is 1.68. The minimum atomic E-state index is -0.0511. The Bertz CT molecular complexity index is 433. The van der Waals surface area contributed by atoms with Gasteiger partial charge in [-0.1, -0.05) is 6.08 Å². The molecule has 102 valence electrons. The van der Waals surface area contributed by atoms with Gasteiger partial charge in [0.25, 0.3) is 5.91 Å². The topological polar surface area (TPSA) is 35.6 Å². The van der Waals surface area contributed by atoms with Gasteiger partial charge >= 0.3 is 0 Å². The second-order valence-corrected chi connectivity index (χ2v) is 4.84. The van der Waals surface area contributed by atoms with Crippen LogP contribution in [0.3, 0.4) is 0 Å². The molecule has 1 N–H and O–H groups in total. The minimum absolute atomic E-state index is 0.0511. The van der Waals surface area contributed by atoms with Crippen LogP contribution in [0.15, 0.2) is 36.9 Å². The van der Waals surface area contributed by atoms with E-state index in [0.29, 0.717) is 12.1 Å². The van der Waals surface area contributed by atoms with Crippen molar-refractivity contribution in [2.75, 3.05) is 44.7 Å². The molecule has 1 saturated heterocycles. The van der Waals surface area contributed by atoms with Crippen LogP contribution in [0.25, 0.3) is 0 Å². The Morgan fingerprint density at radius 3 is 2.47 bits per heavy atom. The van der Waals surface area contributed by atoms with Crippen molar-refractivity contribution >= 4 is 11.6 Å². The Labute approximate surface area is 114 Å². The van der Waals surface area contributed by atoms with Gasteiger partial charge in [-0.2, -0.15) is 0 Å². The lowest BCUT2D eigenvalue weighted by Crippen LogP contribution is -2.44. The second-order valence-electron chi connectivity index (χ2n) is 4.84. The van der Waals surface area contributed by atoms with Crippen molar-refractivity contribution in [1.82, 2.24) is 10.2 Å². The number of amides is 1. The normalized spacial score (nSPS) is 16.2. The zero-order valence-electron chi connectivity index (χ0n) is 11.4. The van der Waals surface area contributed by atoms with Crippen LogP contribution in [0.4, 0.5) is 5.69 Å². The molecule has 1 aliphatic heterocycles. The minimum Gasteiger partial charge on any atom is -0.369 e. The first-order valence-corrected chi connectivity index (χ1v) is 6.63. The number of benzene rings is 1. The fraction of sp³-hybridized carbons (Fsp3) is 0.400. The number of rotatable bonds is 4. The summed E-state index contributed by atoms with van der Waals surface area (Å²) in [5.74, 6) is -0.0511. The van der Waals surface area contributed by atoms with Crippen LogP contribution < -0.4 is 10.2 Å². The van der Waals surface area contributed by atoms with E-state index in [1.807, 2.05) is 24.3 Å². The van der Waals surface area contributed by atoms with Crippen LogP contribution in [-0.4, -0.2) is 50.6 Å². The lowest BCUT2D eigenvalue weighted by atomic mass is 10.1. The SMILES string of the molecule is C=CCNC(=O)c1ccc(N2CCN(C)CC2)cc1. The summed E-state index contributed by atoms with van der Waals surface area (Å²) in [5, 5.41) is 2.78. The molecule has 1 amide bonds. The van der Waals surface area contributed by atoms with Gasteiger partial charge in [-0.25, -0.2) is 0 Å². The summed E-state index contributed by atoms with van der Waals surface area (Å²) in [4.78, 5) is 16.4. The number of nitrogens with zero attached hydrogens (tertiary/aromatic N) is 2. The van der Waals surface area contributed by atoms with Crippen molar-refractivity contribution in [2.24, 2.45) is 0 Å². The van der Waals surface area contributed by atoms with Crippen molar-refractivity contribution < 1.29 is 4.79 Å². The first-order chi connectivity index (χ1) is 9.20. The molecule has 1 aromatic rings. The van der Waals surface area contributed by atoms with Crippen LogP contribution in [0.1, 0.15) is 10.4 Å². The van der Waals surface area contributed by atoms with Crippen LogP contribution in [0, 0.1) is 0 Å². The molecule has 0 radical (unpaired) electrons. The van der Waals surface area contributed by atoms with Gasteiger partial charge in [0.2, 0.25) is 0 Å². The summed E-state index contributed by atoms with van der Waals surface area (Å²) in [5.41, 5.74) is 1.88. The van der Waals surface area contributed by atoms with Crippen molar-refractivity contribution in [2.45, 2.75) is 0 Å². The van der Waals surface area contributed by atoms with Gasteiger partial charge in [-0.15, -0.1) is 6.58 Å². The highest BCUT2D eigenvalue weighted by Crippen LogP contribution is 2.16. The van der Waals surface area contributed by atoms with Gasteiger partial charge in [0.15, 0.2) is 0 Å². The molecule has 1 fully saturated rings. The Morgan fingerprint density at radius 1 is 1.26 bits per heavy atom. The third kappa shape index (κ3) is 3.58. The molecular weight excluding hydrogens is 238 g/mol. The predicted molar refractivity (Wildman–Crippen MR) is 78.7 cm³/mol. The summed E-state index contributed by atoms with van der Waals surface area (Å²) in [6, 6.07) is 7.81. The molecule has 0 bridgehead atoms. The van der Waals surface area contributed by atoms with Crippen molar-refractivity contribution in [3.8, 4) is 0 Å². The Balaban J connectivity index is 1.98. The van der Waals surface area contributed by atoms with Gasteiger partial charge < -0.3 is 15.1 Å². The van der Waals surface area contributed by atoms with Crippen LogP contribution in [-0.2, 0) is 0 Å². The van der Waals surface area contributed by atoms with E-state index in [1.54, 1.807) is 6.08 Å². The van der Waals surface area contributed by atoms with Crippen molar-refractivity contribution in [3.63, 3.8) is 0 Å². The molecule has 0 saturated carbocycles. The van der Waals surface area contributed by atoms with Gasteiger partial charge in [0.05, 0.1) is 0 Å². The van der Waals surface area contributed by atoms with Gasteiger partial charge in [-0.3, -0.25) is 4.79 Å². The van der Waals surface area contributed by atoms with E-state index in [4.69, 9.17) is 0 Å². The summed E-state index contributed by atoms with van der Waals surface area (Å²) in [7, 11) is 2.14. The average Bonchev–Trinajstić information content (AvgIpc) is 2.46. The molecule has 4 heteroatoms. The first kappa shape index (κ1) is 13.6. The maximum atomic E-state index is 11.8. The number of hydrogen-bond acceptors (Lipinski definition) is 3. The molecule has 1 aliphatic rings. The molecule has 1 aromatic carbocycles. The van der Waals surface area contributed by atoms with E-state index in [0.717, 1.165) is 26.2 Å². The fourth-order valence-corrected chi connectivity index (χ4v) is 2.16.